The van der Waals surface area contributed by atoms with Gasteiger partial charge in [0.05, 0.1) is 11.8 Å². The number of para-hydroxylation sites is 1. The van der Waals surface area contributed by atoms with Crippen molar-refractivity contribution in [1.82, 2.24) is 15.5 Å². The van der Waals surface area contributed by atoms with Gasteiger partial charge in [-0.15, -0.1) is 0 Å². The molecule has 1 aromatic carbocycles. The number of aryl methyl sites for hydroxylation is 1. The van der Waals surface area contributed by atoms with Crippen LogP contribution >= 0.6 is 0 Å². The van der Waals surface area contributed by atoms with E-state index >= 15 is 0 Å². The number of carbonyl (C=O) groups is 1. The Balaban J connectivity index is 1.42. The Morgan fingerprint density at radius 2 is 2.07 bits per heavy atom. The molecule has 27 heavy (non-hydrogen) atoms. The maximum Gasteiger partial charge on any atom is 0.255 e. The minimum Gasteiger partial charge on any atom is -0.485 e. The first-order chi connectivity index (χ1) is 13.2. The number of hydrogen-bond acceptors (Lipinski definition) is 7. The molecule has 8 heteroatoms. The predicted octanol–water partition coefficient (Wildman–Crippen LogP) is 2.89. The van der Waals surface area contributed by atoms with E-state index in [1.807, 2.05) is 12.1 Å². The molecule has 0 bridgehead atoms. The first-order valence-electron chi connectivity index (χ1n) is 8.61. The Morgan fingerprint density at radius 3 is 2.85 bits per heavy atom. The van der Waals surface area contributed by atoms with Gasteiger partial charge in [-0.3, -0.25) is 4.79 Å². The van der Waals surface area contributed by atoms with Crippen LogP contribution in [0.1, 0.15) is 34.3 Å². The van der Waals surface area contributed by atoms with Crippen molar-refractivity contribution in [2.45, 2.75) is 26.6 Å². The zero-order valence-corrected chi connectivity index (χ0v) is 15.0. The number of hydrogen-bond donors (Lipinski definition) is 1. The summed E-state index contributed by atoms with van der Waals surface area (Å²) >= 11 is 0. The third kappa shape index (κ3) is 5.68. The van der Waals surface area contributed by atoms with Crippen LogP contribution in [-0.4, -0.2) is 29.2 Å². The Bertz CT molecular complexity index is 845. The summed E-state index contributed by atoms with van der Waals surface area (Å²) in [7, 11) is 0. The molecule has 1 N–H and O–H groups in total. The van der Waals surface area contributed by atoms with Crippen molar-refractivity contribution >= 4 is 5.91 Å². The Kier molecular flexibility index (Phi) is 6.59. The number of ether oxygens (including phenoxy) is 2. The van der Waals surface area contributed by atoms with E-state index in [0.29, 0.717) is 49.2 Å². The summed E-state index contributed by atoms with van der Waals surface area (Å²) in [5.74, 6) is 1.93. The van der Waals surface area contributed by atoms with Crippen molar-refractivity contribution in [2.24, 2.45) is 0 Å². The first-order valence-corrected chi connectivity index (χ1v) is 8.61. The van der Waals surface area contributed by atoms with Crippen molar-refractivity contribution in [3.8, 4) is 5.75 Å². The Morgan fingerprint density at radius 1 is 1.19 bits per heavy atom. The van der Waals surface area contributed by atoms with E-state index in [1.165, 1.54) is 0 Å². The normalized spacial score (nSPS) is 10.7. The molecule has 0 aliphatic heterocycles. The summed E-state index contributed by atoms with van der Waals surface area (Å²) in [6.07, 6.45) is 2.30. The highest BCUT2D eigenvalue weighted by molar-refractivity contribution is 5.96. The van der Waals surface area contributed by atoms with Crippen molar-refractivity contribution in [1.29, 1.82) is 0 Å². The molecule has 8 nitrogen and oxygen atoms in total. The van der Waals surface area contributed by atoms with Gasteiger partial charge in [-0.05, 0) is 30.7 Å². The number of nitrogens with one attached hydrogen (secondary N) is 1. The van der Waals surface area contributed by atoms with E-state index in [9.17, 15) is 4.79 Å². The van der Waals surface area contributed by atoms with Gasteiger partial charge in [0, 0.05) is 20.1 Å². The number of benzene rings is 1. The molecule has 2 aromatic heterocycles. The number of carbonyl (C=O) groups excluding carboxylic acids is 1. The fraction of sp³-hybridized carbons (Fsp3) is 0.316. The van der Waals surface area contributed by atoms with Gasteiger partial charge in [-0.25, -0.2) is 0 Å². The summed E-state index contributed by atoms with van der Waals surface area (Å²) in [5.41, 5.74) is 0.453. The van der Waals surface area contributed by atoms with Gasteiger partial charge in [0.1, 0.15) is 18.1 Å². The maximum atomic E-state index is 12.4. The minimum atomic E-state index is -0.207. The molecule has 0 saturated carbocycles. The fourth-order valence-electron chi connectivity index (χ4n) is 2.36. The molecule has 0 spiro atoms. The average Bonchev–Trinajstić information content (AvgIpc) is 3.34. The van der Waals surface area contributed by atoms with Crippen LogP contribution in [0.4, 0.5) is 0 Å². The molecule has 0 aliphatic rings. The highest BCUT2D eigenvalue weighted by Crippen LogP contribution is 2.19. The van der Waals surface area contributed by atoms with Crippen molar-refractivity contribution in [3.05, 3.63) is 65.7 Å². The standard InChI is InChI=1S/C19H21N3O5/c1-14-21-18(22-27-14)13-26-17-8-3-2-7-16(17)19(23)20-9-5-10-24-12-15-6-4-11-25-15/h2-4,6-8,11H,5,9-10,12-13H2,1H3,(H,20,23). The van der Waals surface area contributed by atoms with Crippen molar-refractivity contribution in [3.63, 3.8) is 0 Å². The molecular formula is C19H21N3O5. The number of furan rings is 1. The third-order valence-corrected chi connectivity index (χ3v) is 3.63. The van der Waals surface area contributed by atoms with Gasteiger partial charge in [0.25, 0.3) is 5.91 Å². The molecule has 0 saturated heterocycles. The number of aromatic nitrogens is 2. The van der Waals surface area contributed by atoms with E-state index in [-0.39, 0.29) is 12.5 Å². The second kappa shape index (κ2) is 9.54. The summed E-state index contributed by atoms with van der Waals surface area (Å²) < 4.78 is 21.2. The summed E-state index contributed by atoms with van der Waals surface area (Å²) in [6, 6.07) is 10.7. The smallest absolute Gasteiger partial charge is 0.255 e. The van der Waals surface area contributed by atoms with Gasteiger partial charge in [0.2, 0.25) is 11.7 Å². The van der Waals surface area contributed by atoms with Gasteiger partial charge in [0.15, 0.2) is 6.61 Å². The lowest BCUT2D eigenvalue weighted by molar-refractivity contribution is 0.0913. The molecule has 0 atom stereocenters. The second-order valence-electron chi connectivity index (χ2n) is 5.76. The molecule has 0 aliphatic carbocycles. The Labute approximate surface area is 156 Å². The van der Waals surface area contributed by atoms with Crippen LogP contribution in [0.3, 0.4) is 0 Å². The molecule has 1 amide bonds. The van der Waals surface area contributed by atoms with E-state index in [1.54, 1.807) is 37.5 Å². The molecule has 142 valence electrons. The predicted molar refractivity (Wildman–Crippen MR) is 95.1 cm³/mol. The third-order valence-electron chi connectivity index (χ3n) is 3.63. The lowest BCUT2D eigenvalue weighted by Crippen LogP contribution is -2.25. The molecule has 0 fully saturated rings. The molecular weight excluding hydrogens is 350 g/mol. The van der Waals surface area contributed by atoms with Crippen LogP contribution in [0.15, 0.2) is 51.6 Å². The molecule has 0 unspecified atom stereocenters. The van der Waals surface area contributed by atoms with Crippen molar-refractivity contribution in [2.75, 3.05) is 13.2 Å². The van der Waals surface area contributed by atoms with Crippen LogP contribution < -0.4 is 10.1 Å². The first kappa shape index (κ1) is 18.7. The highest BCUT2D eigenvalue weighted by Gasteiger charge is 2.13. The lowest BCUT2D eigenvalue weighted by Gasteiger charge is -2.10. The van der Waals surface area contributed by atoms with Gasteiger partial charge in [-0.2, -0.15) is 4.98 Å². The van der Waals surface area contributed by atoms with E-state index in [2.05, 4.69) is 15.5 Å². The lowest BCUT2D eigenvalue weighted by atomic mass is 10.2. The molecule has 3 rings (SSSR count). The highest BCUT2D eigenvalue weighted by atomic mass is 16.5. The largest absolute Gasteiger partial charge is 0.485 e. The molecule has 3 aromatic rings. The van der Waals surface area contributed by atoms with Crippen LogP contribution in [-0.2, 0) is 18.0 Å². The van der Waals surface area contributed by atoms with Gasteiger partial charge in [-0.1, -0.05) is 17.3 Å². The zero-order chi connectivity index (χ0) is 18.9. The van der Waals surface area contributed by atoms with Crippen LogP contribution in [0.5, 0.6) is 5.75 Å². The quantitative estimate of drug-likeness (QED) is 0.547. The molecule has 2 heterocycles. The topological polar surface area (TPSA) is 99.6 Å². The number of nitrogens with zero attached hydrogens (tertiary/aromatic N) is 2. The minimum absolute atomic E-state index is 0.127. The van der Waals surface area contributed by atoms with Gasteiger partial charge < -0.3 is 23.7 Å². The number of rotatable bonds is 10. The van der Waals surface area contributed by atoms with Crippen LogP contribution in [0, 0.1) is 6.92 Å². The van der Waals surface area contributed by atoms with E-state index < -0.39 is 0 Å². The Hall–Kier alpha value is -3.13. The zero-order valence-electron chi connectivity index (χ0n) is 15.0. The van der Waals surface area contributed by atoms with E-state index in [0.717, 1.165) is 5.76 Å². The summed E-state index contributed by atoms with van der Waals surface area (Å²) in [6.45, 7) is 3.28. The second-order valence-corrected chi connectivity index (χ2v) is 5.76. The summed E-state index contributed by atoms with van der Waals surface area (Å²) in [5, 5.41) is 6.63. The maximum absolute atomic E-state index is 12.4. The van der Waals surface area contributed by atoms with Crippen LogP contribution in [0.25, 0.3) is 0 Å². The average molecular weight is 371 g/mol. The SMILES string of the molecule is Cc1nc(COc2ccccc2C(=O)NCCCOCc2ccco2)no1. The van der Waals surface area contributed by atoms with E-state index in [4.69, 9.17) is 18.4 Å². The van der Waals surface area contributed by atoms with Gasteiger partial charge >= 0.3 is 0 Å². The monoisotopic (exact) mass is 371 g/mol. The summed E-state index contributed by atoms with van der Waals surface area (Å²) in [4.78, 5) is 16.5. The number of amides is 1. The van der Waals surface area contributed by atoms with Crippen molar-refractivity contribution < 1.29 is 23.2 Å². The van der Waals surface area contributed by atoms with Crippen LogP contribution in [0.2, 0.25) is 0 Å². The molecule has 0 radical (unpaired) electrons. The fourth-order valence-corrected chi connectivity index (χ4v) is 2.36.